The van der Waals surface area contributed by atoms with Gasteiger partial charge in [0.2, 0.25) is 15.9 Å². The molecule has 0 aromatic heterocycles. The third-order valence-corrected chi connectivity index (χ3v) is 3.01. The van der Waals surface area contributed by atoms with Crippen molar-refractivity contribution in [3.8, 4) is 0 Å². The highest BCUT2D eigenvalue weighted by Crippen LogP contribution is 2.14. The summed E-state index contributed by atoms with van der Waals surface area (Å²) < 4.78 is 22.1. The van der Waals surface area contributed by atoms with Crippen molar-refractivity contribution in [2.75, 3.05) is 5.32 Å². The zero-order chi connectivity index (χ0) is 14.0. The Morgan fingerprint density at radius 3 is 2.17 bits per heavy atom. The minimum atomic E-state index is -3.71. The molecule has 0 aliphatic carbocycles. The Morgan fingerprint density at radius 1 is 1.28 bits per heavy atom. The lowest BCUT2D eigenvalue weighted by Crippen LogP contribution is -2.36. The fraction of sp³-hybridized carbons (Fsp3) is 0.364. The maximum absolute atomic E-state index is 11.6. The van der Waals surface area contributed by atoms with Gasteiger partial charge in [-0.05, 0) is 38.1 Å². The predicted molar refractivity (Wildman–Crippen MR) is 69.3 cm³/mol. The Hall–Kier alpha value is -1.44. The Balaban J connectivity index is 2.73. The number of nitrogens with one attached hydrogen (secondary N) is 1. The fourth-order valence-electron chi connectivity index (χ4n) is 1.35. The lowest BCUT2D eigenvalue weighted by molar-refractivity contribution is -0.117. The second kappa shape index (κ2) is 5.05. The van der Waals surface area contributed by atoms with Crippen LogP contribution >= 0.6 is 0 Å². The van der Waals surface area contributed by atoms with Crippen LogP contribution in [0.15, 0.2) is 29.2 Å². The standard InChI is InChI=1S/C11H17N3O3S/c1-11(2,12)7-10(15)14-8-3-5-9(6-4-8)18(13,16)17/h3-6H,7,12H2,1-2H3,(H,14,15)(H2,13,16,17). The summed E-state index contributed by atoms with van der Waals surface area (Å²) in [5.41, 5.74) is 5.62. The highest BCUT2D eigenvalue weighted by atomic mass is 32.2. The maximum atomic E-state index is 11.6. The largest absolute Gasteiger partial charge is 0.326 e. The molecule has 0 heterocycles. The van der Waals surface area contributed by atoms with E-state index in [2.05, 4.69) is 5.32 Å². The third kappa shape index (κ3) is 4.82. The molecule has 1 aromatic carbocycles. The van der Waals surface area contributed by atoms with Gasteiger partial charge in [0.05, 0.1) is 4.90 Å². The van der Waals surface area contributed by atoms with Gasteiger partial charge < -0.3 is 11.1 Å². The first kappa shape index (κ1) is 14.6. The number of benzene rings is 1. The molecule has 0 aliphatic heterocycles. The molecule has 0 spiro atoms. The number of rotatable bonds is 4. The van der Waals surface area contributed by atoms with Crippen molar-refractivity contribution >= 4 is 21.6 Å². The molecule has 0 unspecified atom stereocenters. The number of amides is 1. The highest BCUT2D eigenvalue weighted by molar-refractivity contribution is 7.89. The van der Waals surface area contributed by atoms with E-state index in [0.717, 1.165) is 0 Å². The summed E-state index contributed by atoms with van der Waals surface area (Å²) in [7, 11) is -3.71. The molecule has 1 rings (SSSR count). The van der Waals surface area contributed by atoms with Crippen molar-refractivity contribution in [3.05, 3.63) is 24.3 Å². The van der Waals surface area contributed by atoms with E-state index in [1.54, 1.807) is 13.8 Å². The summed E-state index contributed by atoms with van der Waals surface area (Å²) in [5, 5.41) is 7.58. The number of carbonyl (C=O) groups excluding carboxylic acids is 1. The maximum Gasteiger partial charge on any atom is 0.238 e. The van der Waals surface area contributed by atoms with Crippen LogP contribution in [0.4, 0.5) is 5.69 Å². The van der Waals surface area contributed by atoms with Gasteiger partial charge in [-0.1, -0.05) is 0 Å². The minimum Gasteiger partial charge on any atom is -0.326 e. The molecule has 0 saturated carbocycles. The van der Waals surface area contributed by atoms with Crippen LogP contribution in [-0.2, 0) is 14.8 Å². The average molecular weight is 271 g/mol. The number of sulfonamides is 1. The summed E-state index contributed by atoms with van der Waals surface area (Å²) in [6, 6.07) is 5.61. The number of nitrogens with two attached hydrogens (primary N) is 2. The van der Waals surface area contributed by atoms with Crippen molar-refractivity contribution in [1.29, 1.82) is 0 Å². The van der Waals surface area contributed by atoms with Crippen LogP contribution in [0.3, 0.4) is 0 Å². The summed E-state index contributed by atoms with van der Waals surface area (Å²) in [6.45, 7) is 3.49. The Kier molecular flexibility index (Phi) is 4.10. The lowest BCUT2D eigenvalue weighted by atomic mass is 10.0. The zero-order valence-electron chi connectivity index (χ0n) is 10.3. The minimum absolute atomic E-state index is 0.000321. The van der Waals surface area contributed by atoms with Gasteiger partial charge in [-0.3, -0.25) is 4.79 Å². The second-order valence-corrected chi connectivity index (χ2v) is 6.34. The molecule has 0 bridgehead atoms. The van der Waals surface area contributed by atoms with E-state index in [4.69, 9.17) is 10.9 Å². The van der Waals surface area contributed by atoms with Crippen molar-refractivity contribution in [1.82, 2.24) is 0 Å². The second-order valence-electron chi connectivity index (χ2n) is 4.78. The van der Waals surface area contributed by atoms with Gasteiger partial charge in [0.25, 0.3) is 0 Å². The van der Waals surface area contributed by atoms with Gasteiger partial charge >= 0.3 is 0 Å². The van der Waals surface area contributed by atoms with Crippen molar-refractivity contribution in [2.24, 2.45) is 10.9 Å². The van der Waals surface area contributed by atoms with E-state index in [-0.39, 0.29) is 17.2 Å². The molecule has 1 aromatic rings. The Morgan fingerprint density at radius 2 is 1.78 bits per heavy atom. The number of hydrogen-bond acceptors (Lipinski definition) is 4. The van der Waals surface area contributed by atoms with Crippen LogP contribution in [0.25, 0.3) is 0 Å². The van der Waals surface area contributed by atoms with E-state index in [1.165, 1.54) is 24.3 Å². The number of hydrogen-bond donors (Lipinski definition) is 3. The zero-order valence-corrected chi connectivity index (χ0v) is 11.1. The number of primary sulfonamides is 1. The molecular formula is C11H17N3O3S. The topological polar surface area (TPSA) is 115 Å². The van der Waals surface area contributed by atoms with Crippen LogP contribution in [0, 0.1) is 0 Å². The normalized spacial score (nSPS) is 12.2. The average Bonchev–Trinajstić information content (AvgIpc) is 2.13. The molecule has 5 N–H and O–H groups in total. The SMILES string of the molecule is CC(C)(N)CC(=O)Nc1ccc(S(N)(=O)=O)cc1. The molecule has 6 nitrogen and oxygen atoms in total. The Labute approximate surface area is 106 Å². The molecule has 0 aliphatic rings. The van der Waals surface area contributed by atoms with Gasteiger partial charge in [0.15, 0.2) is 0 Å². The molecule has 7 heteroatoms. The summed E-state index contributed by atoms with van der Waals surface area (Å²) >= 11 is 0. The predicted octanol–water partition coefficient (Wildman–Crippen LogP) is 0.400. The van der Waals surface area contributed by atoms with Gasteiger partial charge in [0.1, 0.15) is 0 Å². The third-order valence-electron chi connectivity index (χ3n) is 2.08. The summed E-state index contributed by atoms with van der Waals surface area (Å²) in [5.74, 6) is -0.231. The van der Waals surface area contributed by atoms with Crippen LogP contribution < -0.4 is 16.2 Å². The fourth-order valence-corrected chi connectivity index (χ4v) is 1.86. The van der Waals surface area contributed by atoms with E-state index in [9.17, 15) is 13.2 Å². The molecule has 0 atom stereocenters. The summed E-state index contributed by atoms with van der Waals surface area (Å²) in [4.78, 5) is 11.6. The molecule has 100 valence electrons. The first-order valence-corrected chi connectivity index (χ1v) is 6.84. The highest BCUT2D eigenvalue weighted by Gasteiger charge is 2.16. The van der Waals surface area contributed by atoms with E-state index >= 15 is 0 Å². The molecule has 0 saturated heterocycles. The van der Waals surface area contributed by atoms with Crippen LogP contribution in [0.2, 0.25) is 0 Å². The van der Waals surface area contributed by atoms with Crippen molar-refractivity contribution in [3.63, 3.8) is 0 Å². The molecule has 0 fully saturated rings. The molecule has 18 heavy (non-hydrogen) atoms. The first-order chi connectivity index (χ1) is 8.08. The van der Waals surface area contributed by atoms with Crippen LogP contribution in [0.1, 0.15) is 20.3 Å². The van der Waals surface area contributed by atoms with Gasteiger partial charge in [0, 0.05) is 17.6 Å². The van der Waals surface area contributed by atoms with E-state index < -0.39 is 15.6 Å². The van der Waals surface area contributed by atoms with Gasteiger partial charge in [-0.25, -0.2) is 13.6 Å². The quantitative estimate of drug-likeness (QED) is 0.735. The van der Waals surface area contributed by atoms with Crippen molar-refractivity contribution in [2.45, 2.75) is 30.7 Å². The smallest absolute Gasteiger partial charge is 0.238 e. The first-order valence-electron chi connectivity index (χ1n) is 5.29. The monoisotopic (exact) mass is 271 g/mol. The van der Waals surface area contributed by atoms with E-state index in [1.807, 2.05) is 0 Å². The van der Waals surface area contributed by atoms with Gasteiger partial charge in [-0.2, -0.15) is 0 Å². The number of carbonyl (C=O) groups is 1. The van der Waals surface area contributed by atoms with Gasteiger partial charge in [-0.15, -0.1) is 0 Å². The van der Waals surface area contributed by atoms with Crippen molar-refractivity contribution < 1.29 is 13.2 Å². The summed E-state index contributed by atoms with van der Waals surface area (Å²) in [6.07, 6.45) is 0.171. The van der Waals surface area contributed by atoms with Crippen LogP contribution in [0.5, 0.6) is 0 Å². The van der Waals surface area contributed by atoms with Crippen LogP contribution in [-0.4, -0.2) is 19.9 Å². The Bertz CT molecular complexity index is 530. The molecular weight excluding hydrogens is 254 g/mol. The lowest BCUT2D eigenvalue weighted by Gasteiger charge is -2.17. The molecule has 0 radical (unpaired) electrons. The van der Waals surface area contributed by atoms with E-state index in [0.29, 0.717) is 5.69 Å². The number of anilines is 1. The molecule has 1 amide bonds.